The molecule has 1 amide bonds. The third-order valence-electron chi connectivity index (χ3n) is 4.74. The van der Waals surface area contributed by atoms with Gasteiger partial charge in [-0.1, -0.05) is 19.9 Å². The number of hydrogen-bond donors (Lipinski definition) is 0. The van der Waals surface area contributed by atoms with Crippen LogP contribution in [0.15, 0.2) is 30.7 Å². The van der Waals surface area contributed by atoms with Gasteiger partial charge < -0.3 is 4.90 Å². The number of fused-ring (bicyclic) bond motifs is 1. The monoisotopic (exact) mass is 340 g/mol. The van der Waals surface area contributed by atoms with Crippen LogP contribution in [0.4, 0.5) is 0 Å². The van der Waals surface area contributed by atoms with Crippen LogP contribution in [-0.4, -0.2) is 32.1 Å². The molecule has 0 bridgehead atoms. The molecule has 2 heterocycles. The Bertz CT molecular complexity index is 735. The molecule has 0 saturated carbocycles. The average molecular weight is 340 g/mol. The van der Waals surface area contributed by atoms with Gasteiger partial charge in [-0.3, -0.25) is 14.5 Å². The summed E-state index contributed by atoms with van der Waals surface area (Å²) in [5.41, 5.74) is 3.01. The van der Waals surface area contributed by atoms with Gasteiger partial charge in [0.1, 0.15) is 0 Å². The lowest BCUT2D eigenvalue weighted by Gasteiger charge is -2.36. The Morgan fingerprint density at radius 3 is 2.84 bits per heavy atom. The van der Waals surface area contributed by atoms with E-state index in [4.69, 9.17) is 0 Å². The summed E-state index contributed by atoms with van der Waals surface area (Å²) in [7, 11) is 0. The van der Waals surface area contributed by atoms with Gasteiger partial charge in [0.05, 0.1) is 23.5 Å². The molecule has 5 heteroatoms. The Hall–Kier alpha value is -2.17. The fraction of sp³-hybridized carbons (Fsp3) is 0.550. The first-order chi connectivity index (χ1) is 12.0. The Balaban J connectivity index is 1.93. The maximum absolute atomic E-state index is 13.3. The minimum Gasteiger partial charge on any atom is -0.330 e. The number of carbonyl (C=O) groups is 1. The van der Waals surface area contributed by atoms with Crippen molar-refractivity contribution in [2.45, 2.75) is 59.0 Å². The van der Waals surface area contributed by atoms with Crippen molar-refractivity contribution >= 4 is 5.91 Å². The molecule has 1 atom stereocenters. The second-order valence-electron chi connectivity index (χ2n) is 7.61. The summed E-state index contributed by atoms with van der Waals surface area (Å²) in [5, 5.41) is 4.34. The van der Waals surface area contributed by atoms with Crippen LogP contribution in [0.3, 0.4) is 0 Å². The van der Waals surface area contributed by atoms with Gasteiger partial charge in [0, 0.05) is 25.0 Å². The standard InChI is InChI=1S/C20H28N4O/c1-14(2)12-23(20(25)17-11-22-24(13-17)15(3)4)18-9-5-7-16-8-6-10-21-19(16)18/h6,8,10-11,13-15,18H,5,7,9,12H2,1-4H3. The number of nitrogens with zero attached hydrogens (tertiary/aromatic N) is 4. The third kappa shape index (κ3) is 3.75. The molecule has 0 fully saturated rings. The van der Waals surface area contributed by atoms with E-state index in [1.165, 1.54) is 5.56 Å². The van der Waals surface area contributed by atoms with Crippen molar-refractivity contribution in [3.8, 4) is 0 Å². The summed E-state index contributed by atoms with van der Waals surface area (Å²) in [6.07, 6.45) is 8.51. The summed E-state index contributed by atoms with van der Waals surface area (Å²) in [4.78, 5) is 19.9. The molecule has 0 radical (unpaired) electrons. The van der Waals surface area contributed by atoms with Crippen molar-refractivity contribution in [2.75, 3.05) is 6.54 Å². The Morgan fingerprint density at radius 2 is 2.16 bits per heavy atom. The highest BCUT2D eigenvalue weighted by Gasteiger charge is 2.31. The molecule has 1 aliphatic rings. The Labute approximate surface area is 150 Å². The molecule has 0 saturated heterocycles. The molecule has 2 aromatic rings. The Morgan fingerprint density at radius 1 is 1.36 bits per heavy atom. The smallest absolute Gasteiger partial charge is 0.257 e. The first-order valence-corrected chi connectivity index (χ1v) is 9.26. The van der Waals surface area contributed by atoms with Gasteiger partial charge in [-0.05, 0) is 50.7 Å². The molecule has 3 rings (SSSR count). The predicted octanol–water partition coefficient (Wildman–Crippen LogP) is 4.03. The summed E-state index contributed by atoms with van der Waals surface area (Å²) in [6.45, 7) is 9.16. The van der Waals surface area contributed by atoms with E-state index in [2.05, 4.69) is 43.8 Å². The van der Waals surface area contributed by atoms with Gasteiger partial charge in [-0.15, -0.1) is 0 Å². The van der Waals surface area contributed by atoms with E-state index in [0.717, 1.165) is 31.5 Å². The average Bonchev–Trinajstić information content (AvgIpc) is 3.09. The molecule has 1 unspecified atom stereocenters. The minimum absolute atomic E-state index is 0.0576. The zero-order valence-corrected chi connectivity index (χ0v) is 15.6. The molecule has 25 heavy (non-hydrogen) atoms. The van der Waals surface area contributed by atoms with E-state index in [9.17, 15) is 4.79 Å². The van der Waals surface area contributed by atoms with Crippen LogP contribution in [0.5, 0.6) is 0 Å². The van der Waals surface area contributed by atoms with Gasteiger partial charge in [-0.25, -0.2) is 0 Å². The van der Waals surface area contributed by atoms with Gasteiger partial charge in [0.2, 0.25) is 0 Å². The lowest BCUT2D eigenvalue weighted by Crippen LogP contribution is -2.39. The van der Waals surface area contributed by atoms with Crippen LogP contribution < -0.4 is 0 Å². The highest BCUT2D eigenvalue weighted by atomic mass is 16.2. The number of amides is 1. The van der Waals surface area contributed by atoms with Gasteiger partial charge in [0.25, 0.3) is 5.91 Å². The Kier molecular flexibility index (Phi) is 5.21. The van der Waals surface area contributed by atoms with E-state index in [0.29, 0.717) is 11.5 Å². The summed E-state index contributed by atoms with van der Waals surface area (Å²) < 4.78 is 1.84. The summed E-state index contributed by atoms with van der Waals surface area (Å²) >= 11 is 0. The highest BCUT2D eigenvalue weighted by molar-refractivity contribution is 5.94. The molecule has 0 spiro atoms. The van der Waals surface area contributed by atoms with Crippen LogP contribution >= 0.6 is 0 Å². The third-order valence-corrected chi connectivity index (χ3v) is 4.74. The number of pyridine rings is 1. The van der Waals surface area contributed by atoms with Crippen LogP contribution in [-0.2, 0) is 6.42 Å². The second-order valence-corrected chi connectivity index (χ2v) is 7.61. The quantitative estimate of drug-likeness (QED) is 0.825. The minimum atomic E-state index is 0.0576. The van der Waals surface area contributed by atoms with Crippen LogP contribution in [0.25, 0.3) is 0 Å². The molecular formula is C20H28N4O. The van der Waals surface area contributed by atoms with Crippen molar-refractivity contribution in [3.63, 3.8) is 0 Å². The van der Waals surface area contributed by atoms with E-state index < -0.39 is 0 Å². The molecule has 134 valence electrons. The van der Waals surface area contributed by atoms with Gasteiger partial charge in [-0.2, -0.15) is 5.10 Å². The first kappa shape index (κ1) is 17.6. The molecule has 0 N–H and O–H groups in total. The molecule has 0 aromatic carbocycles. The van der Waals surface area contributed by atoms with Gasteiger partial charge in [0.15, 0.2) is 0 Å². The molecule has 0 aliphatic heterocycles. The SMILES string of the molecule is CC(C)CN(C(=O)c1cnn(C(C)C)c1)C1CCCc2cccnc21. The van der Waals surface area contributed by atoms with Gasteiger partial charge >= 0.3 is 0 Å². The predicted molar refractivity (Wildman–Crippen MR) is 98.4 cm³/mol. The lowest BCUT2D eigenvalue weighted by atomic mass is 9.90. The van der Waals surface area contributed by atoms with E-state index >= 15 is 0 Å². The largest absolute Gasteiger partial charge is 0.330 e. The lowest BCUT2D eigenvalue weighted by molar-refractivity contribution is 0.0623. The topological polar surface area (TPSA) is 51.0 Å². The summed E-state index contributed by atoms with van der Waals surface area (Å²) in [6, 6.07) is 4.44. The number of aryl methyl sites for hydroxylation is 1. The van der Waals surface area contributed by atoms with Crippen molar-refractivity contribution in [1.82, 2.24) is 19.7 Å². The second kappa shape index (κ2) is 7.38. The maximum atomic E-state index is 13.3. The number of aromatic nitrogens is 3. The van der Waals surface area contributed by atoms with E-state index in [1.807, 2.05) is 28.0 Å². The number of carbonyl (C=O) groups excluding carboxylic acids is 1. The fourth-order valence-corrected chi connectivity index (χ4v) is 3.53. The van der Waals surface area contributed by atoms with Crippen molar-refractivity contribution in [1.29, 1.82) is 0 Å². The van der Waals surface area contributed by atoms with Crippen molar-refractivity contribution < 1.29 is 4.79 Å². The zero-order chi connectivity index (χ0) is 18.0. The number of hydrogen-bond acceptors (Lipinski definition) is 3. The first-order valence-electron chi connectivity index (χ1n) is 9.26. The molecule has 2 aromatic heterocycles. The van der Waals surface area contributed by atoms with Crippen LogP contribution in [0.1, 0.15) is 74.2 Å². The van der Waals surface area contributed by atoms with E-state index in [-0.39, 0.29) is 18.0 Å². The maximum Gasteiger partial charge on any atom is 0.257 e. The zero-order valence-electron chi connectivity index (χ0n) is 15.6. The summed E-state index contributed by atoms with van der Waals surface area (Å²) in [5.74, 6) is 0.460. The fourth-order valence-electron chi connectivity index (χ4n) is 3.53. The van der Waals surface area contributed by atoms with Crippen LogP contribution in [0.2, 0.25) is 0 Å². The van der Waals surface area contributed by atoms with Crippen LogP contribution in [0, 0.1) is 5.92 Å². The normalized spacial score (nSPS) is 17.0. The molecule has 5 nitrogen and oxygen atoms in total. The van der Waals surface area contributed by atoms with E-state index in [1.54, 1.807) is 6.20 Å². The number of rotatable bonds is 5. The van der Waals surface area contributed by atoms with Crippen molar-refractivity contribution in [2.24, 2.45) is 5.92 Å². The molecule has 1 aliphatic carbocycles. The van der Waals surface area contributed by atoms with Crippen molar-refractivity contribution in [3.05, 3.63) is 47.5 Å². The molecular weight excluding hydrogens is 312 g/mol. The highest BCUT2D eigenvalue weighted by Crippen LogP contribution is 2.34.